The van der Waals surface area contributed by atoms with Gasteiger partial charge in [-0.05, 0) is 48.9 Å². The molecular weight excluding hydrogens is 336 g/mol. The van der Waals surface area contributed by atoms with Gasteiger partial charge in [0.05, 0.1) is 18.3 Å². The van der Waals surface area contributed by atoms with E-state index in [2.05, 4.69) is 10.6 Å². The van der Waals surface area contributed by atoms with E-state index in [0.29, 0.717) is 10.7 Å². The summed E-state index contributed by atoms with van der Waals surface area (Å²) in [6, 6.07) is 20.0. The Hall–Kier alpha value is -2.56. The average Bonchev–Trinajstić information content (AvgIpc) is 3.16. The van der Waals surface area contributed by atoms with E-state index >= 15 is 0 Å². The maximum absolute atomic E-state index is 12.5. The first-order valence-electron chi connectivity index (χ1n) is 8.04. The number of anilines is 1. The van der Waals surface area contributed by atoms with E-state index in [1.165, 1.54) is 0 Å². The van der Waals surface area contributed by atoms with Crippen LogP contribution in [0.1, 0.15) is 24.3 Å². The smallest absolute Gasteiger partial charge is 0.241 e. The molecule has 0 radical (unpaired) electrons. The number of rotatable bonds is 6. The summed E-state index contributed by atoms with van der Waals surface area (Å²) >= 11 is 5.87. The summed E-state index contributed by atoms with van der Waals surface area (Å²) in [4.78, 5) is 12.5. The predicted molar refractivity (Wildman–Crippen MR) is 99.7 cm³/mol. The average molecular weight is 355 g/mol. The zero-order valence-electron chi connectivity index (χ0n) is 13.8. The molecule has 3 aromatic rings. The van der Waals surface area contributed by atoms with E-state index < -0.39 is 6.04 Å². The molecule has 1 aromatic heterocycles. The molecule has 0 fully saturated rings. The van der Waals surface area contributed by atoms with E-state index in [-0.39, 0.29) is 11.9 Å². The maximum atomic E-state index is 12.5. The fourth-order valence-electron chi connectivity index (χ4n) is 2.55. The van der Waals surface area contributed by atoms with Crippen LogP contribution in [-0.4, -0.2) is 11.9 Å². The van der Waals surface area contributed by atoms with E-state index in [1.54, 1.807) is 30.5 Å². The minimum Gasteiger partial charge on any atom is -0.467 e. The van der Waals surface area contributed by atoms with Crippen molar-refractivity contribution in [3.05, 3.63) is 89.3 Å². The van der Waals surface area contributed by atoms with Crippen molar-refractivity contribution in [1.82, 2.24) is 5.32 Å². The molecule has 0 unspecified atom stereocenters. The highest BCUT2D eigenvalue weighted by molar-refractivity contribution is 6.30. The summed E-state index contributed by atoms with van der Waals surface area (Å²) in [6.07, 6.45) is 1.63. The van der Waals surface area contributed by atoms with E-state index in [1.807, 2.05) is 49.4 Å². The molecule has 5 heteroatoms. The monoisotopic (exact) mass is 354 g/mol. The molecule has 0 spiro atoms. The van der Waals surface area contributed by atoms with Crippen LogP contribution in [0.3, 0.4) is 0 Å². The molecule has 128 valence electrons. The summed E-state index contributed by atoms with van der Waals surface area (Å²) < 4.78 is 5.55. The molecule has 1 amide bonds. The second-order valence-electron chi connectivity index (χ2n) is 5.74. The topological polar surface area (TPSA) is 54.3 Å². The predicted octanol–water partition coefficient (Wildman–Crippen LogP) is 4.64. The van der Waals surface area contributed by atoms with Crippen LogP contribution in [-0.2, 0) is 4.79 Å². The third-order valence-electron chi connectivity index (χ3n) is 3.88. The first-order valence-corrected chi connectivity index (χ1v) is 8.42. The Morgan fingerprint density at radius 2 is 1.72 bits per heavy atom. The van der Waals surface area contributed by atoms with Gasteiger partial charge in [0.1, 0.15) is 5.76 Å². The highest BCUT2D eigenvalue weighted by Gasteiger charge is 2.22. The van der Waals surface area contributed by atoms with Crippen molar-refractivity contribution in [2.75, 3.05) is 5.32 Å². The molecule has 0 aliphatic carbocycles. The van der Waals surface area contributed by atoms with Gasteiger partial charge in [0, 0.05) is 10.7 Å². The van der Waals surface area contributed by atoms with Crippen LogP contribution in [0, 0.1) is 0 Å². The molecule has 1 heterocycles. The second-order valence-corrected chi connectivity index (χ2v) is 6.18. The van der Waals surface area contributed by atoms with Crippen molar-refractivity contribution in [3.8, 4) is 0 Å². The summed E-state index contributed by atoms with van der Waals surface area (Å²) in [7, 11) is 0. The number of halogens is 1. The molecule has 0 aliphatic heterocycles. The minimum atomic E-state index is -0.425. The first-order chi connectivity index (χ1) is 12.1. The zero-order chi connectivity index (χ0) is 17.6. The third kappa shape index (κ3) is 4.50. The van der Waals surface area contributed by atoms with Gasteiger partial charge >= 0.3 is 0 Å². The third-order valence-corrected chi connectivity index (χ3v) is 4.13. The molecular formula is C20H19ClN2O2. The zero-order valence-corrected chi connectivity index (χ0v) is 14.5. The number of nitrogens with one attached hydrogen (secondary N) is 2. The van der Waals surface area contributed by atoms with E-state index in [9.17, 15) is 4.79 Å². The van der Waals surface area contributed by atoms with E-state index in [0.717, 1.165) is 11.3 Å². The molecule has 0 bridgehead atoms. The van der Waals surface area contributed by atoms with Crippen molar-refractivity contribution < 1.29 is 9.21 Å². The van der Waals surface area contributed by atoms with Crippen molar-refractivity contribution in [3.63, 3.8) is 0 Å². The van der Waals surface area contributed by atoms with Gasteiger partial charge in [0.2, 0.25) is 5.91 Å². The van der Waals surface area contributed by atoms with Gasteiger partial charge in [0.25, 0.3) is 0 Å². The Bertz CT molecular complexity index is 801. The number of hydrogen-bond acceptors (Lipinski definition) is 3. The molecule has 2 aromatic carbocycles. The Kier molecular flexibility index (Phi) is 5.53. The molecule has 2 N–H and O–H groups in total. The summed E-state index contributed by atoms with van der Waals surface area (Å²) in [6.45, 7) is 1.82. The highest BCUT2D eigenvalue weighted by Crippen LogP contribution is 2.23. The lowest BCUT2D eigenvalue weighted by Crippen LogP contribution is -2.40. The number of carbonyl (C=O) groups is 1. The maximum Gasteiger partial charge on any atom is 0.241 e. The van der Waals surface area contributed by atoms with Gasteiger partial charge in [-0.25, -0.2) is 0 Å². The molecule has 3 rings (SSSR count). The highest BCUT2D eigenvalue weighted by atomic mass is 35.5. The quantitative estimate of drug-likeness (QED) is 0.678. The van der Waals surface area contributed by atoms with Gasteiger partial charge in [-0.1, -0.05) is 41.9 Å². The lowest BCUT2D eigenvalue weighted by atomic mass is 10.0. The summed E-state index contributed by atoms with van der Waals surface area (Å²) in [5.41, 5.74) is 1.74. The lowest BCUT2D eigenvalue weighted by molar-refractivity contribution is -0.117. The lowest BCUT2D eigenvalue weighted by Gasteiger charge is -2.22. The normalized spacial score (nSPS) is 13.2. The number of benzene rings is 2. The molecule has 2 atom stereocenters. The van der Waals surface area contributed by atoms with Gasteiger partial charge in [-0.15, -0.1) is 0 Å². The SMILES string of the molecule is C[C@H](N[C@H](c1ccccc1)c1ccco1)C(=O)Nc1ccc(Cl)cc1. The van der Waals surface area contributed by atoms with Crippen molar-refractivity contribution in [2.24, 2.45) is 0 Å². The summed E-state index contributed by atoms with van der Waals surface area (Å²) in [5.74, 6) is 0.632. The largest absolute Gasteiger partial charge is 0.467 e. The number of furan rings is 1. The van der Waals surface area contributed by atoms with E-state index in [4.69, 9.17) is 16.0 Å². The Balaban J connectivity index is 1.72. The fourth-order valence-corrected chi connectivity index (χ4v) is 2.68. The van der Waals surface area contributed by atoms with Crippen LogP contribution in [0.25, 0.3) is 0 Å². The Morgan fingerprint density at radius 1 is 1.00 bits per heavy atom. The van der Waals surface area contributed by atoms with Crippen LogP contribution in [0.2, 0.25) is 5.02 Å². The van der Waals surface area contributed by atoms with Crippen LogP contribution in [0.5, 0.6) is 0 Å². The van der Waals surface area contributed by atoms with Crippen molar-refractivity contribution in [1.29, 1.82) is 0 Å². The second kappa shape index (κ2) is 8.01. The van der Waals surface area contributed by atoms with Crippen molar-refractivity contribution in [2.45, 2.75) is 19.0 Å². The summed E-state index contributed by atoms with van der Waals surface area (Å²) in [5, 5.41) is 6.85. The number of carbonyl (C=O) groups excluding carboxylic acids is 1. The van der Waals surface area contributed by atoms with Crippen LogP contribution < -0.4 is 10.6 Å². The van der Waals surface area contributed by atoms with Gasteiger partial charge < -0.3 is 9.73 Å². The molecule has 0 saturated heterocycles. The number of hydrogen-bond donors (Lipinski definition) is 2. The van der Waals surface area contributed by atoms with Crippen molar-refractivity contribution >= 4 is 23.2 Å². The Labute approximate surface area is 151 Å². The standard InChI is InChI=1S/C20H19ClN2O2/c1-14(20(24)23-17-11-9-16(21)10-12-17)22-19(18-8-5-13-25-18)15-6-3-2-4-7-15/h2-14,19,22H,1H3,(H,23,24)/t14-,19+/m0/s1. The fraction of sp³-hybridized carbons (Fsp3) is 0.150. The minimum absolute atomic E-state index is 0.130. The Morgan fingerprint density at radius 3 is 2.36 bits per heavy atom. The molecule has 0 saturated carbocycles. The van der Waals surface area contributed by atoms with Crippen LogP contribution >= 0.6 is 11.6 Å². The van der Waals surface area contributed by atoms with Gasteiger partial charge in [0.15, 0.2) is 0 Å². The molecule has 0 aliphatic rings. The van der Waals surface area contributed by atoms with Gasteiger partial charge in [-0.2, -0.15) is 0 Å². The van der Waals surface area contributed by atoms with Crippen LogP contribution in [0.4, 0.5) is 5.69 Å². The van der Waals surface area contributed by atoms with Crippen LogP contribution in [0.15, 0.2) is 77.4 Å². The number of amides is 1. The van der Waals surface area contributed by atoms with Gasteiger partial charge in [-0.3, -0.25) is 10.1 Å². The molecule has 4 nitrogen and oxygen atoms in total. The first kappa shape index (κ1) is 17.3. The molecule has 25 heavy (non-hydrogen) atoms.